The molecule has 2 rings (SSSR count). The molecule has 0 atom stereocenters. The molecule has 0 radical (unpaired) electrons. The number of anilines is 1. The Morgan fingerprint density at radius 1 is 1.47 bits per heavy atom. The number of carbonyl (C=O) groups is 1. The first-order chi connectivity index (χ1) is 9.19. The lowest BCUT2D eigenvalue weighted by atomic mass is 10.2. The van der Waals surface area contributed by atoms with E-state index in [2.05, 4.69) is 27.2 Å². The highest BCUT2D eigenvalue weighted by Crippen LogP contribution is 2.18. The Morgan fingerprint density at radius 3 is 2.89 bits per heavy atom. The summed E-state index contributed by atoms with van der Waals surface area (Å²) in [5.74, 6) is 0.357. The van der Waals surface area contributed by atoms with Crippen molar-refractivity contribution < 1.29 is 4.79 Å². The quantitative estimate of drug-likeness (QED) is 0.795. The number of carbonyl (C=O) groups excluding carboxylic acids is 1. The van der Waals surface area contributed by atoms with E-state index in [1.807, 2.05) is 6.92 Å². The Hall–Kier alpha value is -1.91. The van der Waals surface area contributed by atoms with Crippen LogP contribution in [0.1, 0.15) is 41.9 Å². The van der Waals surface area contributed by atoms with E-state index in [0.29, 0.717) is 24.2 Å². The van der Waals surface area contributed by atoms with Crippen LogP contribution in [0.2, 0.25) is 0 Å². The van der Waals surface area contributed by atoms with Gasteiger partial charge in [0.1, 0.15) is 5.69 Å². The molecule has 1 aliphatic rings. The van der Waals surface area contributed by atoms with Gasteiger partial charge < -0.3 is 10.6 Å². The van der Waals surface area contributed by atoms with Crippen molar-refractivity contribution in [3.05, 3.63) is 30.1 Å². The summed E-state index contributed by atoms with van der Waals surface area (Å²) in [5, 5.41) is 6.03. The highest BCUT2D eigenvalue weighted by Gasteiger charge is 2.19. The van der Waals surface area contributed by atoms with Crippen LogP contribution in [-0.2, 0) is 0 Å². The third-order valence-electron chi connectivity index (χ3n) is 3.18. The minimum atomic E-state index is -0.112. The molecule has 1 saturated carbocycles. The zero-order chi connectivity index (χ0) is 13.7. The van der Waals surface area contributed by atoms with Crippen LogP contribution in [0.25, 0.3) is 0 Å². The second-order valence-electron chi connectivity index (χ2n) is 4.84. The van der Waals surface area contributed by atoms with Crippen LogP contribution in [0.5, 0.6) is 0 Å². The number of aryl methyl sites for hydroxylation is 1. The van der Waals surface area contributed by atoms with Gasteiger partial charge in [0.25, 0.3) is 5.91 Å². The van der Waals surface area contributed by atoms with Crippen LogP contribution >= 0.6 is 0 Å². The number of nitrogens with one attached hydrogen (secondary N) is 2. The third-order valence-corrected chi connectivity index (χ3v) is 3.18. The Morgan fingerprint density at radius 2 is 2.21 bits per heavy atom. The van der Waals surface area contributed by atoms with Crippen LogP contribution < -0.4 is 10.6 Å². The van der Waals surface area contributed by atoms with E-state index in [9.17, 15) is 4.79 Å². The van der Waals surface area contributed by atoms with Crippen molar-refractivity contribution in [2.75, 3.05) is 11.9 Å². The van der Waals surface area contributed by atoms with Gasteiger partial charge in [-0.15, -0.1) is 6.58 Å². The van der Waals surface area contributed by atoms with Crippen LogP contribution in [0.4, 0.5) is 5.95 Å². The lowest BCUT2D eigenvalue weighted by molar-refractivity contribution is 0.0932. The van der Waals surface area contributed by atoms with Crippen molar-refractivity contribution in [2.45, 2.75) is 38.6 Å². The molecule has 2 N–H and O–H groups in total. The lowest BCUT2D eigenvalue weighted by Crippen LogP contribution is -2.33. The first kappa shape index (κ1) is 13.5. The fraction of sp³-hybridized carbons (Fsp3) is 0.500. The zero-order valence-electron chi connectivity index (χ0n) is 11.3. The molecular formula is C14H20N4O. The molecule has 0 aliphatic heterocycles. The summed E-state index contributed by atoms with van der Waals surface area (Å²) in [6.07, 6.45) is 6.25. The van der Waals surface area contributed by atoms with Gasteiger partial charge in [-0.3, -0.25) is 4.79 Å². The molecule has 102 valence electrons. The Labute approximate surface area is 113 Å². The largest absolute Gasteiger partial charge is 0.351 e. The van der Waals surface area contributed by atoms with E-state index in [-0.39, 0.29) is 5.91 Å². The molecule has 1 aromatic rings. The zero-order valence-corrected chi connectivity index (χ0v) is 11.3. The van der Waals surface area contributed by atoms with Crippen molar-refractivity contribution in [1.29, 1.82) is 0 Å². The van der Waals surface area contributed by atoms with E-state index in [4.69, 9.17) is 0 Å². The summed E-state index contributed by atoms with van der Waals surface area (Å²) < 4.78 is 0. The van der Waals surface area contributed by atoms with Gasteiger partial charge in [0.2, 0.25) is 5.95 Å². The molecule has 5 nitrogen and oxygen atoms in total. The van der Waals surface area contributed by atoms with Crippen LogP contribution in [0, 0.1) is 6.92 Å². The first-order valence-electron chi connectivity index (χ1n) is 6.70. The molecular weight excluding hydrogens is 240 g/mol. The first-order valence-corrected chi connectivity index (χ1v) is 6.70. The summed E-state index contributed by atoms with van der Waals surface area (Å²) >= 11 is 0. The molecule has 5 heteroatoms. The maximum Gasteiger partial charge on any atom is 0.270 e. The van der Waals surface area contributed by atoms with E-state index in [0.717, 1.165) is 18.5 Å². The normalized spacial score (nSPS) is 15.2. The minimum Gasteiger partial charge on any atom is -0.351 e. The van der Waals surface area contributed by atoms with Crippen LogP contribution in [-0.4, -0.2) is 28.5 Å². The molecule has 1 aromatic heterocycles. The Kier molecular flexibility index (Phi) is 4.49. The average Bonchev–Trinajstić information content (AvgIpc) is 2.88. The van der Waals surface area contributed by atoms with Crippen LogP contribution in [0.3, 0.4) is 0 Å². The minimum absolute atomic E-state index is 0.112. The number of nitrogens with zero attached hydrogens (tertiary/aromatic N) is 2. The van der Waals surface area contributed by atoms with Gasteiger partial charge in [0, 0.05) is 18.3 Å². The molecule has 1 heterocycles. The molecule has 1 aliphatic carbocycles. The molecule has 0 saturated heterocycles. The number of aromatic nitrogens is 2. The second-order valence-corrected chi connectivity index (χ2v) is 4.84. The smallest absolute Gasteiger partial charge is 0.270 e. The van der Waals surface area contributed by atoms with Crippen molar-refractivity contribution in [1.82, 2.24) is 15.3 Å². The molecule has 0 spiro atoms. The predicted molar refractivity (Wildman–Crippen MR) is 75.2 cm³/mol. The molecule has 19 heavy (non-hydrogen) atoms. The molecule has 1 amide bonds. The van der Waals surface area contributed by atoms with Gasteiger partial charge >= 0.3 is 0 Å². The topological polar surface area (TPSA) is 66.9 Å². The highest BCUT2D eigenvalue weighted by atomic mass is 16.1. The lowest BCUT2D eigenvalue weighted by Gasteiger charge is -2.12. The maximum atomic E-state index is 12.1. The van der Waals surface area contributed by atoms with Gasteiger partial charge in [0.05, 0.1) is 0 Å². The van der Waals surface area contributed by atoms with E-state index >= 15 is 0 Å². The molecule has 1 fully saturated rings. The van der Waals surface area contributed by atoms with Crippen molar-refractivity contribution in [3.63, 3.8) is 0 Å². The van der Waals surface area contributed by atoms with E-state index < -0.39 is 0 Å². The molecule has 0 unspecified atom stereocenters. The van der Waals surface area contributed by atoms with Crippen molar-refractivity contribution >= 4 is 11.9 Å². The summed E-state index contributed by atoms with van der Waals surface area (Å²) in [7, 11) is 0. The Bertz CT molecular complexity index is 467. The molecule has 0 bridgehead atoms. The third kappa shape index (κ3) is 3.77. The SMILES string of the molecule is C=CCNc1nc(C)cc(C(=O)NC2CCCC2)n1. The average molecular weight is 260 g/mol. The molecule has 0 aromatic carbocycles. The number of hydrogen-bond acceptors (Lipinski definition) is 4. The maximum absolute atomic E-state index is 12.1. The summed E-state index contributed by atoms with van der Waals surface area (Å²) in [6, 6.07) is 2.01. The van der Waals surface area contributed by atoms with E-state index in [1.165, 1.54) is 12.8 Å². The summed E-state index contributed by atoms with van der Waals surface area (Å²) in [6.45, 7) is 6.06. The van der Waals surface area contributed by atoms with Crippen molar-refractivity contribution in [2.24, 2.45) is 0 Å². The van der Waals surface area contributed by atoms with Gasteiger partial charge in [-0.25, -0.2) is 9.97 Å². The highest BCUT2D eigenvalue weighted by molar-refractivity contribution is 5.92. The van der Waals surface area contributed by atoms with Crippen molar-refractivity contribution in [3.8, 4) is 0 Å². The van der Waals surface area contributed by atoms with Gasteiger partial charge in [-0.2, -0.15) is 0 Å². The number of hydrogen-bond donors (Lipinski definition) is 2. The van der Waals surface area contributed by atoms with Crippen LogP contribution in [0.15, 0.2) is 18.7 Å². The second kappa shape index (κ2) is 6.31. The monoisotopic (exact) mass is 260 g/mol. The number of amides is 1. The summed E-state index contributed by atoms with van der Waals surface area (Å²) in [4.78, 5) is 20.6. The fourth-order valence-electron chi connectivity index (χ4n) is 2.26. The number of rotatable bonds is 5. The standard InChI is InChI=1S/C14H20N4O/c1-3-8-15-14-16-10(2)9-12(18-14)13(19)17-11-6-4-5-7-11/h3,9,11H,1,4-8H2,2H3,(H,17,19)(H,15,16,18). The van der Waals surface area contributed by atoms with Gasteiger partial charge in [-0.05, 0) is 25.8 Å². The van der Waals surface area contributed by atoms with Gasteiger partial charge in [0.15, 0.2) is 0 Å². The summed E-state index contributed by atoms with van der Waals surface area (Å²) in [5.41, 5.74) is 1.20. The Balaban J connectivity index is 2.06. The fourth-order valence-corrected chi connectivity index (χ4v) is 2.26. The van der Waals surface area contributed by atoms with Gasteiger partial charge in [-0.1, -0.05) is 18.9 Å². The predicted octanol–water partition coefficient (Wildman–Crippen LogP) is 2.06. The van der Waals surface area contributed by atoms with E-state index in [1.54, 1.807) is 12.1 Å².